The third-order valence-corrected chi connectivity index (χ3v) is 6.19. The van der Waals surface area contributed by atoms with Crippen LogP contribution in [0.1, 0.15) is 6.42 Å². The molecule has 0 aliphatic rings. The van der Waals surface area contributed by atoms with Crippen molar-refractivity contribution in [3.8, 4) is 22.5 Å². The normalized spacial score (nSPS) is 10.4. The number of rotatable bonds is 4. The monoisotopic (exact) mass is 590 g/mol. The second-order valence-electron chi connectivity index (χ2n) is 8.56. The number of carbonyl (C=O) groups is 2. The summed E-state index contributed by atoms with van der Waals surface area (Å²) >= 11 is 12.0. The van der Waals surface area contributed by atoms with Gasteiger partial charge in [-0.1, -0.05) is 47.5 Å². The highest BCUT2D eigenvalue weighted by Crippen LogP contribution is 2.27. The summed E-state index contributed by atoms with van der Waals surface area (Å²) in [6.45, 7) is 0. The minimum absolute atomic E-state index is 0.700. The number of benzene rings is 2. The lowest BCUT2D eigenvalue weighted by atomic mass is 10.1. The molecule has 0 fully saturated rings. The van der Waals surface area contributed by atoms with Crippen LogP contribution >= 0.6 is 23.2 Å². The van der Waals surface area contributed by atoms with Gasteiger partial charge in [0.1, 0.15) is 18.1 Å². The predicted molar refractivity (Wildman–Crippen MR) is 160 cm³/mol. The van der Waals surface area contributed by atoms with Crippen molar-refractivity contribution in [3.05, 3.63) is 108 Å². The summed E-state index contributed by atoms with van der Waals surface area (Å²) in [7, 11) is 0. The van der Waals surface area contributed by atoms with Crippen LogP contribution in [0.25, 0.3) is 33.5 Å². The second kappa shape index (κ2) is 12.9. The Kier molecular flexibility index (Phi) is 9.08. The van der Waals surface area contributed by atoms with Crippen LogP contribution in [-0.4, -0.2) is 40.9 Å². The Labute approximate surface area is 244 Å². The van der Waals surface area contributed by atoms with Gasteiger partial charge in [0.15, 0.2) is 0 Å². The Bertz CT molecular complexity index is 1720. The molecule has 208 valence electrons. The standard InChI is InChI=1S/2C13H10ClN3.C3H4O4/c2*14-10-3-1-2-9(8-10)13-11-4-5-12(15)17(11)7-6-16-13;4-2(5)1-3(6)7/h2*1-8H,15H2;1H2,(H,4,5)(H,6,7). The van der Waals surface area contributed by atoms with E-state index in [1.807, 2.05) is 94.0 Å². The average Bonchev–Trinajstić information content (AvgIpc) is 3.51. The average molecular weight is 591 g/mol. The van der Waals surface area contributed by atoms with E-state index in [1.54, 1.807) is 12.4 Å². The van der Waals surface area contributed by atoms with E-state index in [4.69, 9.17) is 44.9 Å². The number of halogens is 2. The van der Waals surface area contributed by atoms with Crippen LogP contribution in [0.5, 0.6) is 0 Å². The molecule has 0 bridgehead atoms. The molecule has 4 heterocycles. The van der Waals surface area contributed by atoms with Crippen LogP contribution in [0.3, 0.4) is 0 Å². The van der Waals surface area contributed by atoms with E-state index < -0.39 is 18.4 Å². The first-order valence-corrected chi connectivity index (χ1v) is 12.8. The van der Waals surface area contributed by atoms with E-state index >= 15 is 0 Å². The molecule has 0 saturated heterocycles. The first-order chi connectivity index (χ1) is 19.6. The topological polar surface area (TPSA) is 161 Å². The zero-order valence-corrected chi connectivity index (χ0v) is 22.9. The molecule has 0 aliphatic heterocycles. The third kappa shape index (κ3) is 7.13. The first-order valence-electron chi connectivity index (χ1n) is 12.0. The summed E-state index contributed by atoms with van der Waals surface area (Å²) in [5.41, 5.74) is 17.4. The number of nitrogen functional groups attached to an aromatic ring is 2. The number of carboxylic acid groups (broad SMARTS) is 2. The fourth-order valence-electron chi connectivity index (χ4n) is 3.97. The zero-order chi connectivity index (χ0) is 29.5. The Morgan fingerprint density at radius 3 is 1.44 bits per heavy atom. The highest BCUT2D eigenvalue weighted by atomic mass is 35.5. The maximum absolute atomic E-state index is 9.43. The minimum atomic E-state index is -1.31. The zero-order valence-electron chi connectivity index (χ0n) is 21.4. The van der Waals surface area contributed by atoms with E-state index in [2.05, 4.69) is 9.97 Å². The third-order valence-electron chi connectivity index (χ3n) is 5.72. The van der Waals surface area contributed by atoms with Gasteiger partial charge < -0.3 is 30.5 Å². The summed E-state index contributed by atoms with van der Waals surface area (Å²) in [6, 6.07) is 22.9. The number of nitrogens with two attached hydrogens (primary N) is 2. The van der Waals surface area contributed by atoms with Crippen molar-refractivity contribution >= 4 is 57.8 Å². The smallest absolute Gasteiger partial charge is 0.314 e. The molecule has 12 heteroatoms. The highest BCUT2D eigenvalue weighted by Gasteiger charge is 2.08. The number of aliphatic carboxylic acids is 2. The second-order valence-corrected chi connectivity index (χ2v) is 9.44. The van der Waals surface area contributed by atoms with Gasteiger partial charge in [-0.25, -0.2) is 0 Å². The van der Waals surface area contributed by atoms with Gasteiger partial charge in [0.2, 0.25) is 0 Å². The van der Waals surface area contributed by atoms with E-state index in [-0.39, 0.29) is 0 Å². The summed E-state index contributed by atoms with van der Waals surface area (Å²) in [6.07, 6.45) is 6.36. The lowest BCUT2D eigenvalue weighted by Crippen LogP contribution is -2.03. The molecule has 0 amide bonds. The van der Waals surface area contributed by atoms with Gasteiger partial charge in [-0.3, -0.25) is 19.6 Å². The molecule has 4 aromatic heterocycles. The summed E-state index contributed by atoms with van der Waals surface area (Å²) < 4.78 is 3.81. The Balaban J connectivity index is 0.000000155. The molecular formula is C29H24Cl2N6O4. The van der Waals surface area contributed by atoms with Crippen molar-refractivity contribution in [3.63, 3.8) is 0 Å². The first kappa shape index (κ1) is 28.9. The molecule has 0 radical (unpaired) electrons. The van der Waals surface area contributed by atoms with Crippen molar-refractivity contribution in [2.24, 2.45) is 0 Å². The molecule has 41 heavy (non-hydrogen) atoms. The number of aromatic nitrogens is 4. The van der Waals surface area contributed by atoms with E-state index in [1.165, 1.54) is 0 Å². The Morgan fingerprint density at radius 1 is 0.683 bits per heavy atom. The van der Waals surface area contributed by atoms with Gasteiger partial charge in [-0.15, -0.1) is 0 Å². The fraction of sp³-hybridized carbons (Fsp3) is 0.0345. The predicted octanol–water partition coefficient (Wildman–Crippen LogP) is 6.02. The summed E-state index contributed by atoms with van der Waals surface area (Å²) in [4.78, 5) is 27.7. The molecule has 6 rings (SSSR count). The molecule has 10 nitrogen and oxygen atoms in total. The number of carboxylic acids is 2. The van der Waals surface area contributed by atoms with E-state index in [0.717, 1.165) is 33.5 Å². The van der Waals surface area contributed by atoms with Gasteiger partial charge in [0.05, 0.1) is 22.4 Å². The quantitative estimate of drug-likeness (QED) is 0.181. The van der Waals surface area contributed by atoms with E-state index in [0.29, 0.717) is 21.7 Å². The SMILES string of the molecule is Nc1ccc2c(-c3cccc(Cl)c3)nccn12.Nc1ccc2c(-c3cccc(Cl)c3)nccn12.O=C(O)CC(=O)O. The number of hydrogen-bond donors (Lipinski definition) is 4. The van der Waals surface area contributed by atoms with Crippen molar-refractivity contribution < 1.29 is 19.8 Å². The molecule has 0 aliphatic carbocycles. The highest BCUT2D eigenvalue weighted by molar-refractivity contribution is 6.31. The molecule has 0 spiro atoms. The molecule has 0 saturated carbocycles. The summed E-state index contributed by atoms with van der Waals surface area (Å²) in [5.74, 6) is -1.23. The Morgan fingerprint density at radius 2 is 1.10 bits per heavy atom. The van der Waals surface area contributed by atoms with E-state index in [9.17, 15) is 9.59 Å². The van der Waals surface area contributed by atoms with Crippen molar-refractivity contribution in [2.75, 3.05) is 11.5 Å². The van der Waals surface area contributed by atoms with Gasteiger partial charge in [0.25, 0.3) is 0 Å². The van der Waals surface area contributed by atoms with Crippen molar-refractivity contribution in [2.45, 2.75) is 6.42 Å². The Hall–Kier alpha value is -5.06. The van der Waals surface area contributed by atoms with Crippen LogP contribution in [0, 0.1) is 0 Å². The number of fused-ring (bicyclic) bond motifs is 2. The molecule has 2 aromatic carbocycles. The largest absolute Gasteiger partial charge is 0.481 e. The number of nitrogens with zero attached hydrogens (tertiary/aromatic N) is 4. The molecule has 0 atom stereocenters. The van der Waals surface area contributed by atoms with Crippen molar-refractivity contribution in [1.82, 2.24) is 18.8 Å². The molecule has 0 unspecified atom stereocenters. The summed E-state index contributed by atoms with van der Waals surface area (Å²) in [5, 5.41) is 16.8. The van der Waals surface area contributed by atoms with Gasteiger partial charge in [-0.05, 0) is 48.5 Å². The molecule has 6 aromatic rings. The lowest BCUT2D eigenvalue weighted by molar-refractivity contribution is -0.147. The minimum Gasteiger partial charge on any atom is -0.481 e. The van der Waals surface area contributed by atoms with Gasteiger partial charge in [-0.2, -0.15) is 0 Å². The van der Waals surface area contributed by atoms with Crippen LogP contribution < -0.4 is 11.5 Å². The lowest BCUT2D eigenvalue weighted by Gasteiger charge is -2.05. The van der Waals surface area contributed by atoms with Crippen LogP contribution in [0.15, 0.2) is 97.6 Å². The number of hydrogen-bond acceptors (Lipinski definition) is 6. The van der Waals surface area contributed by atoms with Crippen LogP contribution in [0.4, 0.5) is 11.6 Å². The van der Waals surface area contributed by atoms with Crippen LogP contribution in [0.2, 0.25) is 10.0 Å². The molecular weight excluding hydrogens is 567 g/mol. The van der Waals surface area contributed by atoms with Gasteiger partial charge >= 0.3 is 11.9 Å². The van der Waals surface area contributed by atoms with Gasteiger partial charge in [0, 0.05) is 46.0 Å². The maximum Gasteiger partial charge on any atom is 0.314 e. The number of anilines is 2. The van der Waals surface area contributed by atoms with Crippen LogP contribution in [-0.2, 0) is 9.59 Å². The molecule has 6 N–H and O–H groups in total. The van der Waals surface area contributed by atoms with Crippen molar-refractivity contribution in [1.29, 1.82) is 0 Å². The maximum atomic E-state index is 9.43. The fourth-order valence-corrected chi connectivity index (χ4v) is 4.35.